The number of benzene rings is 1. The van der Waals surface area contributed by atoms with Crippen molar-refractivity contribution in [2.45, 2.75) is 64.7 Å². The molecule has 236 valence electrons. The number of fused-ring (bicyclic) bond motifs is 1. The molecule has 0 saturated heterocycles. The molecule has 1 aromatic carbocycles. The fraction of sp³-hybridized carbons (Fsp3) is 0.440. The summed E-state index contributed by atoms with van der Waals surface area (Å²) in [6, 6.07) is 7.83. The van der Waals surface area contributed by atoms with Gasteiger partial charge in [0, 0.05) is 0 Å². The summed E-state index contributed by atoms with van der Waals surface area (Å²) in [6.45, 7) is 7.25. The van der Waals surface area contributed by atoms with E-state index in [1.165, 1.54) is 6.33 Å². The number of aliphatic carboxylic acids is 2. The number of esters is 1. The van der Waals surface area contributed by atoms with Gasteiger partial charge in [0.1, 0.15) is 30.0 Å². The van der Waals surface area contributed by atoms with Gasteiger partial charge < -0.3 is 44.7 Å². The van der Waals surface area contributed by atoms with Gasteiger partial charge >= 0.3 is 25.4 Å². The topological polar surface area (TPSA) is 259 Å². The highest BCUT2D eigenvalue weighted by Gasteiger charge is 2.32. The Balaban J connectivity index is 0.000000553. The number of rotatable bonds is 14. The van der Waals surface area contributed by atoms with Crippen LogP contribution in [0.5, 0.6) is 5.75 Å². The molecule has 7 N–H and O–H groups in total. The number of aromatic nitrogens is 4. The number of carboxylic acid groups (broad SMARTS) is 2. The van der Waals surface area contributed by atoms with Crippen LogP contribution in [-0.4, -0.2) is 94.7 Å². The van der Waals surface area contributed by atoms with E-state index < -0.39 is 43.7 Å². The molecule has 0 radical (unpaired) electrons. The zero-order valence-corrected chi connectivity index (χ0v) is 24.7. The van der Waals surface area contributed by atoms with Crippen molar-refractivity contribution >= 4 is 42.4 Å². The van der Waals surface area contributed by atoms with E-state index in [-0.39, 0.29) is 18.6 Å². The molecule has 0 aliphatic rings. The van der Waals surface area contributed by atoms with Crippen LogP contribution in [0.25, 0.3) is 11.2 Å². The molecule has 18 heteroatoms. The van der Waals surface area contributed by atoms with Gasteiger partial charge in [0.05, 0.1) is 25.1 Å². The number of hydrogen-bond acceptors (Lipinski definition) is 13. The number of nitrogens with zero attached hydrogens (tertiary/aromatic N) is 4. The second kappa shape index (κ2) is 15.9. The summed E-state index contributed by atoms with van der Waals surface area (Å²) in [5.41, 5.74) is 6.91. The highest BCUT2D eigenvalue weighted by atomic mass is 31.2. The zero-order chi connectivity index (χ0) is 32.3. The van der Waals surface area contributed by atoms with E-state index in [2.05, 4.69) is 20.0 Å². The second-order valence-corrected chi connectivity index (χ2v) is 11.5. The van der Waals surface area contributed by atoms with Crippen molar-refractivity contribution in [1.29, 1.82) is 0 Å². The lowest BCUT2D eigenvalue weighted by Gasteiger charge is -2.25. The maximum atomic E-state index is 13.6. The van der Waals surface area contributed by atoms with Crippen LogP contribution in [0.3, 0.4) is 0 Å². The van der Waals surface area contributed by atoms with Crippen molar-refractivity contribution in [1.82, 2.24) is 24.6 Å². The van der Waals surface area contributed by atoms with Gasteiger partial charge in [-0.15, -0.1) is 0 Å². The number of aliphatic hydroxyl groups is 2. The molecule has 0 unspecified atom stereocenters. The molecule has 43 heavy (non-hydrogen) atoms. The Morgan fingerprint density at radius 3 is 2.16 bits per heavy atom. The number of nitrogens with two attached hydrogens (primary N) is 1. The van der Waals surface area contributed by atoms with Gasteiger partial charge in [-0.2, -0.15) is 0 Å². The van der Waals surface area contributed by atoms with Crippen LogP contribution in [0, 0.1) is 0 Å². The lowest BCUT2D eigenvalue weighted by molar-refractivity contribution is -0.165. The van der Waals surface area contributed by atoms with Gasteiger partial charge in [-0.1, -0.05) is 18.2 Å². The van der Waals surface area contributed by atoms with Crippen LogP contribution >= 0.6 is 7.52 Å². The fourth-order valence-electron chi connectivity index (χ4n) is 3.28. The summed E-state index contributed by atoms with van der Waals surface area (Å²) in [7, 11) is -3.64. The third-order valence-electron chi connectivity index (χ3n) is 5.31. The Kier molecular flexibility index (Phi) is 13.0. The Labute approximate surface area is 246 Å². The maximum Gasteiger partial charge on any atom is 0.342 e. The third-order valence-corrected chi connectivity index (χ3v) is 7.08. The first-order valence-corrected chi connectivity index (χ1v) is 14.6. The van der Waals surface area contributed by atoms with E-state index in [0.717, 1.165) is 0 Å². The first-order chi connectivity index (χ1) is 20.1. The molecule has 0 saturated carbocycles. The lowest BCUT2D eigenvalue weighted by atomic mass is 10.2. The molecule has 3 aromatic rings. The van der Waals surface area contributed by atoms with Crippen LogP contribution in [0.15, 0.2) is 43.0 Å². The van der Waals surface area contributed by atoms with Gasteiger partial charge in [0.2, 0.25) is 0 Å². The zero-order valence-electron chi connectivity index (χ0n) is 23.8. The van der Waals surface area contributed by atoms with E-state index in [0.29, 0.717) is 29.3 Å². The number of anilines is 1. The highest BCUT2D eigenvalue weighted by Crippen LogP contribution is 2.44. The molecule has 0 fully saturated rings. The average Bonchev–Trinajstić information content (AvgIpc) is 3.35. The first-order valence-electron chi connectivity index (χ1n) is 12.8. The molecule has 0 aliphatic carbocycles. The van der Waals surface area contributed by atoms with E-state index in [9.17, 15) is 18.9 Å². The van der Waals surface area contributed by atoms with E-state index in [4.69, 9.17) is 40.2 Å². The number of hydrogen-bond donors (Lipinski definition) is 6. The summed E-state index contributed by atoms with van der Waals surface area (Å²) >= 11 is 0. The number of imidazole rings is 1. The number of carbonyl (C=O) groups excluding carboxylic acids is 1. The highest BCUT2D eigenvalue weighted by molar-refractivity contribution is 7.57. The fourth-order valence-corrected chi connectivity index (χ4v) is 5.07. The van der Waals surface area contributed by atoms with E-state index in [1.807, 2.05) is 13.0 Å². The van der Waals surface area contributed by atoms with Crippen LogP contribution in [0.1, 0.15) is 27.7 Å². The minimum absolute atomic E-state index is 0.272. The summed E-state index contributed by atoms with van der Waals surface area (Å²) in [5.74, 6) is -3.39. The molecular formula is C25H35N6O11P. The number of nitrogens with one attached hydrogen (secondary N) is 1. The number of para-hydroxylation sites is 1. The predicted molar refractivity (Wildman–Crippen MR) is 151 cm³/mol. The van der Waals surface area contributed by atoms with Crippen molar-refractivity contribution in [2.75, 3.05) is 12.1 Å². The Hall–Kier alpha value is -4.15. The number of ether oxygens (including phenoxy) is 2. The molecule has 3 rings (SSSR count). The molecular weight excluding hydrogens is 591 g/mol. The summed E-state index contributed by atoms with van der Waals surface area (Å²) in [6.07, 6.45) is -2.52. The van der Waals surface area contributed by atoms with Crippen LogP contribution < -0.4 is 15.3 Å². The molecule has 0 aliphatic heterocycles. The van der Waals surface area contributed by atoms with Gasteiger partial charge in [0.15, 0.2) is 23.7 Å². The molecule has 0 spiro atoms. The quantitative estimate of drug-likeness (QED) is 0.107. The van der Waals surface area contributed by atoms with Gasteiger partial charge in [-0.05, 0) is 39.8 Å². The molecule has 0 amide bonds. The number of carbonyl (C=O) groups is 3. The Morgan fingerprint density at radius 1 is 1.00 bits per heavy atom. The molecule has 5 atom stereocenters. The molecule has 17 nitrogen and oxygen atoms in total. The largest absolute Gasteiger partial charge is 0.479 e. The summed E-state index contributed by atoms with van der Waals surface area (Å²) in [5, 5.41) is 35.3. The SMILES string of the molecule is CC(C)OC(=O)[C@H](C)N[P@@](=O)(CO[C@H](C)Cn1cnc2c(N)ncnc21)Oc1ccccc1.O=C(O)[C@@H](O)[C@H](O)C(=O)O. The summed E-state index contributed by atoms with van der Waals surface area (Å²) in [4.78, 5) is 44.2. The third kappa shape index (κ3) is 10.9. The number of aliphatic hydroxyl groups excluding tert-OH is 2. The minimum Gasteiger partial charge on any atom is -0.479 e. The van der Waals surface area contributed by atoms with Crippen molar-refractivity contribution in [3.05, 3.63) is 43.0 Å². The summed E-state index contributed by atoms with van der Waals surface area (Å²) < 4.78 is 32.2. The van der Waals surface area contributed by atoms with Gasteiger partial charge in [-0.25, -0.2) is 29.6 Å². The van der Waals surface area contributed by atoms with Crippen LogP contribution in [-0.2, 0) is 35.0 Å². The predicted octanol–water partition coefficient (Wildman–Crippen LogP) is 0.850. The normalized spacial score (nSPS) is 15.3. The molecule has 0 bridgehead atoms. The van der Waals surface area contributed by atoms with E-state index in [1.54, 1.807) is 55.9 Å². The Morgan fingerprint density at radius 2 is 1.60 bits per heavy atom. The van der Waals surface area contributed by atoms with Crippen molar-refractivity contribution in [3.8, 4) is 5.75 Å². The lowest BCUT2D eigenvalue weighted by Crippen LogP contribution is -2.39. The van der Waals surface area contributed by atoms with Crippen molar-refractivity contribution < 1.29 is 53.4 Å². The average molecular weight is 627 g/mol. The monoisotopic (exact) mass is 626 g/mol. The second-order valence-electron chi connectivity index (χ2n) is 9.41. The maximum absolute atomic E-state index is 13.6. The first kappa shape index (κ1) is 35.0. The smallest absolute Gasteiger partial charge is 0.342 e. The van der Waals surface area contributed by atoms with Gasteiger partial charge in [-0.3, -0.25) is 9.36 Å². The minimum atomic E-state index is -3.64. The number of carboxylic acids is 2. The van der Waals surface area contributed by atoms with Crippen LogP contribution in [0.2, 0.25) is 0 Å². The standard InChI is InChI=1S/C21H29N6O5P.C4H6O6/c1-14(2)31-21(28)16(4)26-33(29,32-17-8-6-5-7-9-17)13-30-15(3)10-27-12-25-18-19(22)23-11-24-20(18)27;5-1(3(7)8)2(6)4(9)10/h5-9,11-12,14-16H,10,13H2,1-4H3,(H,26,29)(H2,22,23,24);1-2,5-6H,(H,7,8)(H,9,10)/t15-,16+,33-;1-,2-/m10/s1. The number of nitrogen functional groups attached to an aromatic ring is 1. The Bertz CT molecular complexity index is 1400. The molecule has 2 aromatic heterocycles. The molecule has 2 heterocycles. The van der Waals surface area contributed by atoms with E-state index >= 15 is 0 Å². The van der Waals surface area contributed by atoms with Crippen LogP contribution in [0.4, 0.5) is 5.82 Å². The van der Waals surface area contributed by atoms with Gasteiger partial charge in [0.25, 0.3) is 0 Å². The van der Waals surface area contributed by atoms with Crippen molar-refractivity contribution in [3.63, 3.8) is 0 Å². The van der Waals surface area contributed by atoms with Crippen molar-refractivity contribution in [2.24, 2.45) is 0 Å².